The molecule has 0 fully saturated rings. The molecule has 5 heteroatoms. The lowest BCUT2D eigenvalue weighted by atomic mass is 9.99. The number of phenolic OH excluding ortho intramolecular Hbond substituents is 1. The van der Waals surface area contributed by atoms with Crippen LogP contribution in [0.15, 0.2) is 48.8 Å². The van der Waals surface area contributed by atoms with E-state index < -0.39 is 0 Å². The van der Waals surface area contributed by atoms with Gasteiger partial charge < -0.3 is 10.4 Å². The van der Waals surface area contributed by atoms with Gasteiger partial charge >= 0.3 is 0 Å². The average molecular weight is 361 g/mol. The molecule has 0 amide bonds. The van der Waals surface area contributed by atoms with E-state index in [1.54, 1.807) is 35.9 Å². The lowest BCUT2D eigenvalue weighted by Gasteiger charge is -2.10. The molecule has 0 unspecified atom stereocenters. The Kier molecular flexibility index (Phi) is 4.09. The Hall–Kier alpha value is -2.92. The molecule has 0 radical (unpaired) electrons. The average Bonchev–Trinajstić information content (AvgIpc) is 2.94. The number of benzene rings is 2. The smallest absolute Gasteiger partial charge is 0.143 e. The normalized spacial score (nSPS) is 11.0. The number of rotatable bonds is 3. The summed E-state index contributed by atoms with van der Waals surface area (Å²) in [6, 6.07) is 13.6. The minimum atomic E-state index is 0.219. The van der Waals surface area contributed by atoms with Gasteiger partial charge in [0.15, 0.2) is 0 Å². The maximum Gasteiger partial charge on any atom is 0.143 e. The van der Waals surface area contributed by atoms with Crippen LogP contribution in [0.5, 0.6) is 5.75 Å². The second-order valence-electron chi connectivity index (χ2n) is 6.41. The van der Waals surface area contributed by atoms with Crippen LogP contribution in [0, 0.1) is 20.8 Å². The van der Waals surface area contributed by atoms with Crippen LogP contribution in [0.3, 0.4) is 0 Å². The van der Waals surface area contributed by atoms with Gasteiger partial charge in [0.1, 0.15) is 22.7 Å². The number of hydrogen-bond acceptors (Lipinski definition) is 5. The fraction of sp³-hybridized carbons (Fsp3) is 0.143. The molecular weight excluding hydrogens is 342 g/mol. The Morgan fingerprint density at radius 1 is 0.962 bits per heavy atom. The highest BCUT2D eigenvalue weighted by Gasteiger charge is 2.17. The minimum Gasteiger partial charge on any atom is -0.508 e. The number of aryl methyl sites for hydroxylation is 3. The van der Waals surface area contributed by atoms with E-state index in [9.17, 15) is 5.11 Å². The molecule has 130 valence electrons. The summed E-state index contributed by atoms with van der Waals surface area (Å²) < 4.78 is 0. The van der Waals surface area contributed by atoms with Gasteiger partial charge in [-0.1, -0.05) is 24.3 Å². The van der Waals surface area contributed by atoms with E-state index in [2.05, 4.69) is 54.3 Å². The molecule has 2 aromatic carbocycles. The SMILES string of the molecule is Cc1ccc(-c2c(C)sc3ncnc(Nc4cccc(O)c4)c23)cc1C. The van der Waals surface area contributed by atoms with Crippen molar-refractivity contribution in [3.8, 4) is 16.9 Å². The van der Waals surface area contributed by atoms with Crippen molar-refractivity contribution in [1.29, 1.82) is 0 Å². The molecule has 0 aliphatic rings. The number of aromatic nitrogens is 2. The predicted octanol–water partition coefficient (Wildman–Crippen LogP) is 5.73. The van der Waals surface area contributed by atoms with Crippen LogP contribution in [0.1, 0.15) is 16.0 Å². The van der Waals surface area contributed by atoms with Gasteiger partial charge in [0.25, 0.3) is 0 Å². The Bertz CT molecular complexity index is 1120. The van der Waals surface area contributed by atoms with E-state index in [-0.39, 0.29) is 5.75 Å². The monoisotopic (exact) mass is 361 g/mol. The first kappa shape index (κ1) is 16.5. The van der Waals surface area contributed by atoms with Crippen molar-refractivity contribution in [2.24, 2.45) is 0 Å². The summed E-state index contributed by atoms with van der Waals surface area (Å²) in [5.41, 5.74) is 5.67. The molecule has 2 heterocycles. The molecule has 0 saturated heterocycles. The van der Waals surface area contributed by atoms with Gasteiger partial charge in [0.05, 0.1) is 5.39 Å². The number of thiophene rings is 1. The van der Waals surface area contributed by atoms with Gasteiger partial charge in [-0.25, -0.2) is 9.97 Å². The van der Waals surface area contributed by atoms with Crippen LogP contribution in [0.2, 0.25) is 0 Å². The molecule has 0 aliphatic heterocycles. The summed E-state index contributed by atoms with van der Waals surface area (Å²) in [6.45, 7) is 6.37. The van der Waals surface area contributed by atoms with Gasteiger partial charge in [-0.2, -0.15) is 0 Å². The van der Waals surface area contributed by atoms with E-state index in [1.807, 2.05) is 6.07 Å². The standard InChI is InChI=1S/C21H19N3OS/c1-12-7-8-15(9-13(12)2)18-14(3)26-21-19(18)20(22-11-23-21)24-16-5-4-6-17(25)10-16/h4-11,25H,1-3H3,(H,22,23,24). The highest BCUT2D eigenvalue weighted by atomic mass is 32.1. The number of anilines is 2. The Labute approximate surface area is 156 Å². The molecule has 0 bridgehead atoms. The zero-order valence-corrected chi connectivity index (χ0v) is 15.7. The molecule has 0 atom stereocenters. The highest BCUT2D eigenvalue weighted by molar-refractivity contribution is 7.19. The number of nitrogens with zero attached hydrogens (tertiary/aromatic N) is 2. The molecular formula is C21H19N3OS. The summed E-state index contributed by atoms with van der Waals surface area (Å²) in [7, 11) is 0. The van der Waals surface area contributed by atoms with Gasteiger partial charge in [-0.15, -0.1) is 11.3 Å². The highest BCUT2D eigenvalue weighted by Crippen LogP contribution is 2.41. The topological polar surface area (TPSA) is 58.0 Å². The third-order valence-electron chi connectivity index (χ3n) is 4.57. The zero-order chi connectivity index (χ0) is 18.3. The summed E-state index contributed by atoms with van der Waals surface area (Å²) >= 11 is 1.67. The van der Waals surface area contributed by atoms with Crippen LogP contribution in [-0.2, 0) is 0 Å². The number of aromatic hydroxyl groups is 1. The summed E-state index contributed by atoms with van der Waals surface area (Å²) in [5.74, 6) is 0.967. The molecule has 0 saturated carbocycles. The van der Waals surface area contributed by atoms with E-state index >= 15 is 0 Å². The lowest BCUT2D eigenvalue weighted by molar-refractivity contribution is 0.475. The molecule has 4 aromatic rings. The molecule has 4 nitrogen and oxygen atoms in total. The molecule has 26 heavy (non-hydrogen) atoms. The number of nitrogens with one attached hydrogen (secondary N) is 1. The fourth-order valence-corrected chi connectivity index (χ4v) is 4.12. The van der Waals surface area contributed by atoms with Crippen molar-refractivity contribution in [2.75, 3.05) is 5.32 Å². The summed E-state index contributed by atoms with van der Waals surface area (Å²) in [6.07, 6.45) is 1.58. The Balaban J connectivity index is 1.91. The van der Waals surface area contributed by atoms with E-state index in [0.717, 1.165) is 27.3 Å². The maximum absolute atomic E-state index is 9.73. The maximum atomic E-state index is 9.73. The van der Waals surface area contributed by atoms with E-state index in [0.29, 0.717) is 0 Å². The molecule has 2 aromatic heterocycles. The van der Waals surface area contributed by atoms with E-state index in [1.165, 1.54) is 21.6 Å². The van der Waals surface area contributed by atoms with Gasteiger partial charge in [0, 0.05) is 22.2 Å². The summed E-state index contributed by atoms with van der Waals surface area (Å²) in [5, 5.41) is 14.1. The first-order chi connectivity index (χ1) is 12.5. The van der Waals surface area contributed by atoms with Gasteiger partial charge in [0.2, 0.25) is 0 Å². The van der Waals surface area contributed by atoms with Crippen LogP contribution in [0.4, 0.5) is 11.5 Å². The van der Waals surface area contributed by atoms with Crippen molar-refractivity contribution >= 4 is 33.1 Å². The van der Waals surface area contributed by atoms with Crippen LogP contribution < -0.4 is 5.32 Å². The number of phenols is 1. The first-order valence-corrected chi connectivity index (χ1v) is 9.22. The third kappa shape index (κ3) is 2.91. The van der Waals surface area contributed by atoms with Crippen LogP contribution >= 0.6 is 11.3 Å². The quantitative estimate of drug-likeness (QED) is 0.489. The van der Waals surface area contributed by atoms with Crippen molar-refractivity contribution in [1.82, 2.24) is 9.97 Å². The lowest BCUT2D eigenvalue weighted by Crippen LogP contribution is -1.95. The predicted molar refractivity (Wildman–Crippen MR) is 108 cm³/mol. The second-order valence-corrected chi connectivity index (χ2v) is 7.61. The largest absolute Gasteiger partial charge is 0.508 e. The van der Waals surface area contributed by atoms with Gasteiger partial charge in [-0.05, 0) is 49.6 Å². The molecule has 2 N–H and O–H groups in total. The van der Waals surface area contributed by atoms with E-state index in [4.69, 9.17) is 0 Å². The first-order valence-electron chi connectivity index (χ1n) is 8.40. The van der Waals surface area contributed by atoms with Gasteiger partial charge in [-0.3, -0.25) is 0 Å². The Morgan fingerprint density at radius 3 is 2.58 bits per heavy atom. The van der Waals surface area contributed by atoms with Crippen molar-refractivity contribution in [3.63, 3.8) is 0 Å². The molecule has 4 rings (SSSR count). The zero-order valence-electron chi connectivity index (χ0n) is 14.9. The van der Waals surface area contributed by atoms with Crippen molar-refractivity contribution < 1.29 is 5.11 Å². The van der Waals surface area contributed by atoms with Crippen molar-refractivity contribution in [2.45, 2.75) is 20.8 Å². The minimum absolute atomic E-state index is 0.219. The van der Waals surface area contributed by atoms with Crippen molar-refractivity contribution in [3.05, 3.63) is 64.8 Å². The Morgan fingerprint density at radius 2 is 1.81 bits per heavy atom. The van der Waals surface area contributed by atoms with Crippen LogP contribution in [0.25, 0.3) is 21.3 Å². The fourth-order valence-electron chi connectivity index (χ4n) is 3.10. The number of fused-ring (bicyclic) bond motifs is 1. The second kappa shape index (κ2) is 6.42. The number of hydrogen-bond donors (Lipinski definition) is 2. The molecule has 0 spiro atoms. The molecule has 0 aliphatic carbocycles. The summed E-state index contributed by atoms with van der Waals surface area (Å²) in [4.78, 5) is 11.1. The van der Waals surface area contributed by atoms with Crippen LogP contribution in [-0.4, -0.2) is 15.1 Å². The third-order valence-corrected chi connectivity index (χ3v) is 5.58.